The molecule has 0 aliphatic carbocycles. The van der Waals surface area contributed by atoms with Crippen LogP contribution in [-0.4, -0.2) is 19.9 Å². The van der Waals surface area contributed by atoms with E-state index >= 15 is 0 Å². The SMILES string of the molecule is c1ccc(-c2cc(-c3ccc(-c4nc(-c5ccccc5)c5ccccc5n4)cc3)nc(-c3ccc(-c4ccccc4)c4ccccc34)n2)cc1. The van der Waals surface area contributed by atoms with Gasteiger partial charge in [0.05, 0.1) is 22.6 Å². The van der Waals surface area contributed by atoms with E-state index in [2.05, 4.69) is 121 Å². The quantitative estimate of drug-likeness (QED) is 0.182. The zero-order valence-electron chi connectivity index (χ0n) is 27.1. The van der Waals surface area contributed by atoms with Crippen molar-refractivity contribution >= 4 is 21.7 Å². The highest BCUT2D eigenvalue weighted by atomic mass is 14.9. The summed E-state index contributed by atoms with van der Waals surface area (Å²) in [5, 5.41) is 3.31. The summed E-state index contributed by atoms with van der Waals surface area (Å²) in [6.07, 6.45) is 0. The van der Waals surface area contributed by atoms with E-state index in [1.165, 1.54) is 16.5 Å². The van der Waals surface area contributed by atoms with Crippen molar-refractivity contribution in [3.05, 3.63) is 182 Å². The molecule has 0 spiro atoms. The van der Waals surface area contributed by atoms with Gasteiger partial charge in [0, 0.05) is 33.2 Å². The lowest BCUT2D eigenvalue weighted by Crippen LogP contribution is -1.97. The lowest BCUT2D eigenvalue weighted by atomic mass is 9.94. The zero-order chi connectivity index (χ0) is 33.3. The third kappa shape index (κ3) is 5.49. The summed E-state index contributed by atoms with van der Waals surface area (Å²) >= 11 is 0. The van der Waals surface area contributed by atoms with Crippen LogP contribution >= 0.6 is 0 Å². The second kappa shape index (κ2) is 12.7. The lowest BCUT2D eigenvalue weighted by molar-refractivity contribution is 1.19. The Bertz CT molecular complexity index is 2620. The monoisotopic (exact) mass is 638 g/mol. The molecule has 2 heterocycles. The van der Waals surface area contributed by atoms with Crippen molar-refractivity contribution in [2.75, 3.05) is 0 Å². The highest BCUT2D eigenvalue weighted by molar-refractivity contribution is 6.04. The van der Waals surface area contributed by atoms with Crippen molar-refractivity contribution < 1.29 is 0 Å². The third-order valence-electron chi connectivity index (χ3n) is 9.13. The second-order valence-electron chi connectivity index (χ2n) is 12.3. The molecule has 50 heavy (non-hydrogen) atoms. The van der Waals surface area contributed by atoms with E-state index in [4.69, 9.17) is 19.9 Å². The van der Waals surface area contributed by atoms with E-state index < -0.39 is 0 Å². The molecule has 9 rings (SSSR count). The number of aromatic nitrogens is 4. The number of nitrogens with zero attached hydrogens (tertiary/aromatic N) is 4. The van der Waals surface area contributed by atoms with Crippen molar-refractivity contribution in [2.24, 2.45) is 0 Å². The average Bonchev–Trinajstić information content (AvgIpc) is 3.21. The Kier molecular flexibility index (Phi) is 7.45. The average molecular weight is 639 g/mol. The molecule has 9 aromatic rings. The molecule has 0 aliphatic heterocycles. The van der Waals surface area contributed by atoms with E-state index in [1.807, 2.05) is 60.7 Å². The maximum absolute atomic E-state index is 5.21. The molecular weight excluding hydrogens is 609 g/mol. The fraction of sp³-hybridized carbons (Fsp3) is 0. The Labute approximate surface area is 290 Å². The van der Waals surface area contributed by atoms with Crippen molar-refractivity contribution in [3.8, 4) is 67.7 Å². The molecule has 0 N–H and O–H groups in total. The first-order chi connectivity index (χ1) is 24.8. The number of para-hydroxylation sites is 1. The minimum atomic E-state index is 0.687. The molecule has 4 heteroatoms. The van der Waals surface area contributed by atoms with Crippen LogP contribution in [0, 0.1) is 0 Å². The van der Waals surface area contributed by atoms with Crippen LogP contribution in [0.4, 0.5) is 0 Å². The summed E-state index contributed by atoms with van der Waals surface area (Å²) in [4.78, 5) is 20.4. The van der Waals surface area contributed by atoms with Crippen molar-refractivity contribution in [1.82, 2.24) is 19.9 Å². The molecule has 0 radical (unpaired) electrons. The minimum absolute atomic E-state index is 0.687. The fourth-order valence-electron chi connectivity index (χ4n) is 6.65. The number of hydrogen-bond donors (Lipinski definition) is 0. The van der Waals surface area contributed by atoms with Gasteiger partial charge in [0.15, 0.2) is 11.6 Å². The molecule has 0 saturated heterocycles. The first kappa shape index (κ1) is 29.4. The number of hydrogen-bond acceptors (Lipinski definition) is 4. The normalized spacial score (nSPS) is 11.2. The Morgan fingerprint density at radius 1 is 0.280 bits per heavy atom. The number of benzene rings is 7. The first-order valence-electron chi connectivity index (χ1n) is 16.7. The van der Waals surface area contributed by atoms with Gasteiger partial charge in [0.25, 0.3) is 0 Å². The summed E-state index contributed by atoms with van der Waals surface area (Å²) in [6.45, 7) is 0. The van der Waals surface area contributed by atoms with Crippen molar-refractivity contribution in [1.29, 1.82) is 0 Å². The van der Waals surface area contributed by atoms with E-state index in [9.17, 15) is 0 Å². The standard InChI is InChI=1S/C46H30N4/c1-4-14-31(15-5-1)36-28-29-39(38-21-11-10-20-37(36)38)46-48-42(32-16-6-2-7-17-32)30-43(49-46)33-24-26-35(27-25-33)45-47-41-23-13-12-22-40(41)44(50-45)34-18-8-3-9-19-34/h1-30H. The molecule has 0 unspecified atom stereocenters. The van der Waals surface area contributed by atoms with Gasteiger partial charge >= 0.3 is 0 Å². The summed E-state index contributed by atoms with van der Waals surface area (Å²) in [5.41, 5.74) is 11.0. The topological polar surface area (TPSA) is 51.6 Å². The van der Waals surface area contributed by atoms with Crippen LogP contribution in [0.3, 0.4) is 0 Å². The molecule has 0 atom stereocenters. The molecule has 4 nitrogen and oxygen atoms in total. The maximum Gasteiger partial charge on any atom is 0.161 e. The predicted molar refractivity (Wildman–Crippen MR) is 205 cm³/mol. The van der Waals surface area contributed by atoms with E-state index in [-0.39, 0.29) is 0 Å². The molecular formula is C46H30N4. The molecule has 0 bridgehead atoms. The number of fused-ring (bicyclic) bond motifs is 2. The molecule has 0 amide bonds. The highest BCUT2D eigenvalue weighted by Gasteiger charge is 2.16. The second-order valence-corrected chi connectivity index (χ2v) is 12.3. The van der Waals surface area contributed by atoms with Crippen LogP contribution in [0.2, 0.25) is 0 Å². The Balaban J connectivity index is 1.16. The van der Waals surface area contributed by atoms with E-state index in [1.54, 1.807) is 0 Å². The van der Waals surface area contributed by atoms with Gasteiger partial charge in [-0.25, -0.2) is 19.9 Å². The van der Waals surface area contributed by atoms with Gasteiger partial charge in [-0.05, 0) is 40.1 Å². The molecule has 0 aliphatic rings. The van der Waals surface area contributed by atoms with E-state index in [0.29, 0.717) is 11.6 Å². The fourth-order valence-corrected chi connectivity index (χ4v) is 6.65. The molecule has 234 valence electrons. The van der Waals surface area contributed by atoms with Crippen LogP contribution in [0.25, 0.3) is 89.4 Å². The Morgan fingerprint density at radius 2 is 0.760 bits per heavy atom. The highest BCUT2D eigenvalue weighted by Crippen LogP contribution is 2.37. The number of rotatable bonds is 6. The van der Waals surface area contributed by atoms with Gasteiger partial charge < -0.3 is 0 Å². The molecule has 7 aromatic carbocycles. The van der Waals surface area contributed by atoms with Crippen molar-refractivity contribution in [3.63, 3.8) is 0 Å². The zero-order valence-corrected chi connectivity index (χ0v) is 27.1. The summed E-state index contributed by atoms with van der Waals surface area (Å²) < 4.78 is 0. The van der Waals surface area contributed by atoms with E-state index in [0.717, 1.165) is 61.2 Å². The van der Waals surface area contributed by atoms with Gasteiger partial charge in [-0.1, -0.05) is 164 Å². The first-order valence-corrected chi connectivity index (χ1v) is 16.7. The molecule has 0 saturated carbocycles. The third-order valence-corrected chi connectivity index (χ3v) is 9.13. The largest absolute Gasteiger partial charge is 0.228 e. The Morgan fingerprint density at radius 3 is 1.42 bits per heavy atom. The summed E-state index contributed by atoms with van der Waals surface area (Å²) in [7, 11) is 0. The van der Waals surface area contributed by atoms with Gasteiger partial charge in [0.2, 0.25) is 0 Å². The predicted octanol–water partition coefficient (Wildman–Crippen LogP) is 11.6. The van der Waals surface area contributed by atoms with Crippen LogP contribution < -0.4 is 0 Å². The van der Waals surface area contributed by atoms with Gasteiger partial charge in [-0.15, -0.1) is 0 Å². The van der Waals surface area contributed by atoms with Gasteiger partial charge in [-0.3, -0.25) is 0 Å². The lowest BCUT2D eigenvalue weighted by Gasteiger charge is -2.14. The summed E-state index contributed by atoms with van der Waals surface area (Å²) in [6, 6.07) is 62.6. The molecule has 0 fully saturated rings. The van der Waals surface area contributed by atoms with Crippen LogP contribution in [0.1, 0.15) is 0 Å². The molecule has 2 aromatic heterocycles. The van der Waals surface area contributed by atoms with Crippen LogP contribution in [0.15, 0.2) is 182 Å². The van der Waals surface area contributed by atoms with Crippen LogP contribution in [0.5, 0.6) is 0 Å². The smallest absolute Gasteiger partial charge is 0.161 e. The maximum atomic E-state index is 5.21. The van der Waals surface area contributed by atoms with Crippen molar-refractivity contribution in [2.45, 2.75) is 0 Å². The Hall–Kier alpha value is -6.78. The minimum Gasteiger partial charge on any atom is -0.228 e. The van der Waals surface area contributed by atoms with Gasteiger partial charge in [-0.2, -0.15) is 0 Å². The van der Waals surface area contributed by atoms with Gasteiger partial charge in [0.1, 0.15) is 0 Å². The van der Waals surface area contributed by atoms with Crippen LogP contribution in [-0.2, 0) is 0 Å². The summed E-state index contributed by atoms with van der Waals surface area (Å²) in [5.74, 6) is 1.37.